The number of pyridine rings is 1. The van der Waals surface area contributed by atoms with Crippen molar-refractivity contribution in [3.8, 4) is 0 Å². The SMILES string of the molecule is CC(C)C1CCCN1c1ncc(Br)cc1C(=O)O. The van der Waals surface area contributed by atoms with Crippen LogP contribution < -0.4 is 4.90 Å². The molecule has 1 unspecified atom stereocenters. The van der Waals surface area contributed by atoms with E-state index >= 15 is 0 Å². The van der Waals surface area contributed by atoms with Crippen molar-refractivity contribution >= 4 is 27.7 Å². The highest BCUT2D eigenvalue weighted by molar-refractivity contribution is 9.10. The van der Waals surface area contributed by atoms with E-state index in [0.29, 0.717) is 22.3 Å². The zero-order chi connectivity index (χ0) is 13.3. The van der Waals surface area contributed by atoms with Crippen LogP contribution in [0.4, 0.5) is 5.82 Å². The molecule has 1 N–H and O–H groups in total. The Kier molecular flexibility index (Phi) is 3.90. The second-order valence-corrected chi connectivity index (χ2v) is 5.89. The number of hydrogen-bond acceptors (Lipinski definition) is 3. The molecule has 98 valence electrons. The molecule has 0 aliphatic carbocycles. The minimum atomic E-state index is -0.923. The van der Waals surface area contributed by atoms with Crippen molar-refractivity contribution < 1.29 is 9.90 Å². The molecule has 0 radical (unpaired) electrons. The lowest BCUT2D eigenvalue weighted by molar-refractivity contribution is 0.0697. The Balaban J connectivity index is 2.41. The van der Waals surface area contributed by atoms with Gasteiger partial charge in [0.05, 0.1) is 0 Å². The van der Waals surface area contributed by atoms with Crippen LogP contribution in [0.2, 0.25) is 0 Å². The van der Waals surface area contributed by atoms with Crippen molar-refractivity contribution in [1.82, 2.24) is 4.98 Å². The highest BCUT2D eigenvalue weighted by atomic mass is 79.9. The third kappa shape index (κ3) is 2.51. The molecule has 0 amide bonds. The van der Waals surface area contributed by atoms with Gasteiger partial charge >= 0.3 is 5.97 Å². The maximum absolute atomic E-state index is 11.3. The molecule has 0 spiro atoms. The number of rotatable bonds is 3. The van der Waals surface area contributed by atoms with E-state index in [2.05, 4.69) is 39.7 Å². The smallest absolute Gasteiger partial charge is 0.339 e. The summed E-state index contributed by atoms with van der Waals surface area (Å²) in [5.41, 5.74) is 0.275. The predicted molar refractivity (Wildman–Crippen MR) is 74.1 cm³/mol. The van der Waals surface area contributed by atoms with Gasteiger partial charge in [0.15, 0.2) is 0 Å². The highest BCUT2D eigenvalue weighted by Crippen LogP contribution is 2.31. The first-order valence-corrected chi connectivity index (χ1v) is 6.95. The van der Waals surface area contributed by atoms with Gasteiger partial charge in [0.1, 0.15) is 11.4 Å². The van der Waals surface area contributed by atoms with Crippen molar-refractivity contribution in [2.45, 2.75) is 32.7 Å². The van der Waals surface area contributed by atoms with Crippen molar-refractivity contribution in [2.75, 3.05) is 11.4 Å². The average Bonchev–Trinajstić information content (AvgIpc) is 2.77. The van der Waals surface area contributed by atoms with Crippen LogP contribution in [0.25, 0.3) is 0 Å². The monoisotopic (exact) mass is 312 g/mol. The second kappa shape index (κ2) is 5.26. The van der Waals surface area contributed by atoms with E-state index in [1.165, 1.54) is 0 Å². The van der Waals surface area contributed by atoms with Gasteiger partial charge in [-0.3, -0.25) is 0 Å². The van der Waals surface area contributed by atoms with Crippen LogP contribution in [0.1, 0.15) is 37.0 Å². The first-order chi connectivity index (χ1) is 8.50. The fraction of sp³-hybridized carbons (Fsp3) is 0.538. The van der Waals surface area contributed by atoms with Crippen molar-refractivity contribution in [3.63, 3.8) is 0 Å². The normalized spacial score (nSPS) is 19.6. The Morgan fingerprint density at radius 2 is 2.33 bits per heavy atom. The Morgan fingerprint density at radius 1 is 1.61 bits per heavy atom. The van der Waals surface area contributed by atoms with Gasteiger partial charge in [-0.25, -0.2) is 9.78 Å². The summed E-state index contributed by atoms with van der Waals surface area (Å²) >= 11 is 3.27. The molecule has 2 heterocycles. The minimum absolute atomic E-state index is 0.275. The number of aromatic nitrogens is 1. The molecule has 1 fully saturated rings. The Hall–Kier alpha value is -1.10. The van der Waals surface area contributed by atoms with E-state index in [-0.39, 0.29) is 5.56 Å². The summed E-state index contributed by atoms with van der Waals surface area (Å²) in [5, 5.41) is 9.29. The Bertz CT molecular complexity index is 462. The molecule has 1 aliphatic rings. The van der Waals surface area contributed by atoms with E-state index in [4.69, 9.17) is 0 Å². The standard InChI is InChI=1S/C13H17BrN2O2/c1-8(2)11-4-3-5-16(11)12-10(13(17)18)6-9(14)7-15-12/h6-8,11H,3-5H2,1-2H3,(H,17,18). The van der Waals surface area contributed by atoms with E-state index in [0.717, 1.165) is 19.4 Å². The minimum Gasteiger partial charge on any atom is -0.478 e. The number of halogens is 1. The lowest BCUT2D eigenvalue weighted by Crippen LogP contribution is -2.35. The Morgan fingerprint density at radius 3 is 2.94 bits per heavy atom. The molecule has 18 heavy (non-hydrogen) atoms. The van der Waals surface area contributed by atoms with Gasteiger partial charge in [-0.05, 0) is 40.8 Å². The molecule has 1 saturated heterocycles. The van der Waals surface area contributed by atoms with Crippen LogP contribution in [0.15, 0.2) is 16.7 Å². The number of carboxylic acid groups (broad SMARTS) is 1. The lowest BCUT2D eigenvalue weighted by atomic mass is 10.0. The van der Waals surface area contributed by atoms with Gasteiger partial charge in [-0.2, -0.15) is 0 Å². The quantitative estimate of drug-likeness (QED) is 0.931. The summed E-state index contributed by atoms with van der Waals surface area (Å²) in [6.45, 7) is 5.22. The number of carbonyl (C=O) groups is 1. The zero-order valence-corrected chi connectivity index (χ0v) is 12.1. The number of aromatic carboxylic acids is 1. The number of anilines is 1. The number of nitrogens with zero attached hydrogens (tertiary/aromatic N) is 2. The maximum atomic E-state index is 11.3. The molecule has 2 rings (SSSR count). The molecule has 4 nitrogen and oxygen atoms in total. The van der Waals surface area contributed by atoms with E-state index in [1.54, 1.807) is 12.3 Å². The molecule has 1 aromatic rings. The van der Waals surface area contributed by atoms with E-state index < -0.39 is 5.97 Å². The molecule has 1 atom stereocenters. The predicted octanol–water partition coefficient (Wildman–Crippen LogP) is 3.17. The molecule has 0 aromatic carbocycles. The summed E-state index contributed by atoms with van der Waals surface area (Å²) in [6.07, 6.45) is 3.87. The van der Waals surface area contributed by atoms with Crippen molar-refractivity contribution in [3.05, 3.63) is 22.3 Å². The summed E-state index contributed by atoms with van der Waals surface area (Å²) in [6, 6.07) is 2.01. The van der Waals surface area contributed by atoms with Crippen molar-refractivity contribution in [2.24, 2.45) is 5.92 Å². The van der Waals surface area contributed by atoms with Gasteiger partial charge in [-0.15, -0.1) is 0 Å². The van der Waals surface area contributed by atoms with Crippen LogP contribution in [0.3, 0.4) is 0 Å². The second-order valence-electron chi connectivity index (χ2n) is 4.98. The van der Waals surface area contributed by atoms with Crippen LogP contribution in [-0.2, 0) is 0 Å². The highest BCUT2D eigenvalue weighted by Gasteiger charge is 2.30. The van der Waals surface area contributed by atoms with Crippen molar-refractivity contribution in [1.29, 1.82) is 0 Å². The Labute approximate surface area is 115 Å². The molecule has 5 heteroatoms. The van der Waals surface area contributed by atoms with Gasteiger partial charge in [0.25, 0.3) is 0 Å². The van der Waals surface area contributed by atoms with Gasteiger partial charge in [0, 0.05) is 23.3 Å². The van der Waals surface area contributed by atoms with Gasteiger partial charge in [0.2, 0.25) is 0 Å². The summed E-state index contributed by atoms with van der Waals surface area (Å²) in [4.78, 5) is 17.8. The third-order valence-corrected chi connectivity index (χ3v) is 3.84. The third-order valence-electron chi connectivity index (χ3n) is 3.40. The topological polar surface area (TPSA) is 53.4 Å². The number of carboxylic acids is 1. The average molecular weight is 313 g/mol. The first-order valence-electron chi connectivity index (χ1n) is 6.16. The van der Waals surface area contributed by atoms with Crippen LogP contribution in [-0.4, -0.2) is 28.6 Å². The zero-order valence-electron chi connectivity index (χ0n) is 10.6. The first kappa shape index (κ1) is 13.3. The fourth-order valence-electron chi connectivity index (χ4n) is 2.57. The fourth-order valence-corrected chi connectivity index (χ4v) is 2.90. The molecule has 0 saturated carbocycles. The molecule has 1 aromatic heterocycles. The van der Waals surface area contributed by atoms with Crippen LogP contribution in [0.5, 0.6) is 0 Å². The molecule has 1 aliphatic heterocycles. The summed E-state index contributed by atoms with van der Waals surface area (Å²) < 4.78 is 0.698. The molecular formula is C13H17BrN2O2. The summed E-state index contributed by atoms with van der Waals surface area (Å²) in [7, 11) is 0. The lowest BCUT2D eigenvalue weighted by Gasteiger charge is -2.29. The molecular weight excluding hydrogens is 296 g/mol. The maximum Gasteiger partial charge on any atom is 0.339 e. The van der Waals surface area contributed by atoms with E-state index in [1.807, 2.05) is 0 Å². The summed E-state index contributed by atoms with van der Waals surface area (Å²) in [5.74, 6) is 0.176. The van der Waals surface area contributed by atoms with Crippen LogP contribution >= 0.6 is 15.9 Å². The van der Waals surface area contributed by atoms with E-state index in [9.17, 15) is 9.90 Å². The largest absolute Gasteiger partial charge is 0.478 e. The van der Waals surface area contributed by atoms with Crippen LogP contribution in [0, 0.1) is 5.92 Å². The van der Waals surface area contributed by atoms with Gasteiger partial charge < -0.3 is 10.0 Å². The molecule has 0 bridgehead atoms. The number of hydrogen-bond donors (Lipinski definition) is 1. The van der Waals surface area contributed by atoms with Gasteiger partial charge in [-0.1, -0.05) is 13.8 Å².